The Labute approximate surface area is 216 Å². The minimum atomic E-state index is -5.03. The first-order chi connectivity index (χ1) is 10.2. The Morgan fingerprint density at radius 3 is 1.54 bits per heavy atom. The van der Waals surface area contributed by atoms with Gasteiger partial charge in [0, 0.05) is 16.5 Å². The normalized spacial score (nSPS) is 11.8. The van der Waals surface area contributed by atoms with Crippen LogP contribution in [0.2, 0.25) is 0 Å². The van der Waals surface area contributed by atoms with Crippen molar-refractivity contribution in [3.05, 3.63) is 24.3 Å². The van der Waals surface area contributed by atoms with Crippen molar-refractivity contribution in [1.82, 2.24) is 0 Å². The summed E-state index contributed by atoms with van der Waals surface area (Å²) in [6.45, 7) is 0. The van der Waals surface area contributed by atoms with Crippen molar-refractivity contribution < 1.29 is 38.9 Å². The fourth-order valence-corrected chi connectivity index (χ4v) is 4.05. The van der Waals surface area contributed by atoms with E-state index in [0.717, 1.165) is 12.1 Å². The van der Waals surface area contributed by atoms with E-state index in [2.05, 4.69) is 0 Å². The molecule has 0 spiro atoms. The molecule has 0 amide bonds. The molecule has 0 unspecified atom stereocenters. The van der Waals surface area contributed by atoms with Crippen LogP contribution in [0.25, 0.3) is 10.8 Å². The molecule has 0 atom stereocenters. The summed E-state index contributed by atoms with van der Waals surface area (Å²) >= 11 is 0. The summed E-state index contributed by atoms with van der Waals surface area (Å²) in [6.07, 6.45) is 0. The Balaban J connectivity index is 0. The summed E-state index contributed by atoms with van der Waals surface area (Å²) < 4.78 is 95.6. The molecule has 0 radical (unpaired) electrons. The summed E-state index contributed by atoms with van der Waals surface area (Å²) in [5.74, 6) is 0. The minimum absolute atomic E-state index is 0. The van der Waals surface area contributed by atoms with Crippen molar-refractivity contribution in [3.8, 4) is 0 Å². The third-order valence-electron chi connectivity index (χ3n) is 2.90. The van der Waals surface area contributed by atoms with Gasteiger partial charge in [-0.25, -0.2) is 0 Å². The van der Waals surface area contributed by atoms with Gasteiger partial charge in [0.1, 0.15) is 9.79 Å². The number of rotatable bonds is 3. The van der Waals surface area contributed by atoms with Crippen molar-refractivity contribution in [3.63, 3.8) is 0 Å². The van der Waals surface area contributed by atoms with Crippen LogP contribution in [-0.2, 0) is 30.4 Å². The average Bonchev–Trinajstić information content (AvgIpc) is 2.34. The van der Waals surface area contributed by atoms with Crippen LogP contribution in [0, 0.1) is 0 Å². The van der Waals surface area contributed by atoms with Crippen LogP contribution in [-0.4, -0.2) is 128 Å². The van der Waals surface area contributed by atoms with Gasteiger partial charge in [0.15, 0.2) is 0 Å². The maximum atomic E-state index is 11.5. The third kappa shape index (κ3) is 6.37. The van der Waals surface area contributed by atoms with Gasteiger partial charge in [-0.15, -0.1) is 0 Å². The van der Waals surface area contributed by atoms with E-state index in [1.807, 2.05) is 0 Å². The quantitative estimate of drug-likeness (QED) is 0.234. The van der Waals surface area contributed by atoms with Crippen molar-refractivity contribution in [2.45, 2.75) is 14.7 Å². The van der Waals surface area contributed by atoms with Crippen LogP contribution in [0.15, 0.2) is 39.0 Å². The van der Waals surface area contributed by atoms with Crippen LogP contribution in [0.1, 0.15) is 0 Å². The van der Waals surface area contributed by atoms with Crippen LogP contribution in [0.3, 0.4) is 0 Å². The molecule has 0 aliphatic carbocycles. The molecule has 26 heavy (non-hydrogen) atoms. The van der Waals surface area contributed by atoms with E-state index in [1.165, 1.54) is 0 Å². The Hall–Kier alpha value is 1.23. The van der Waals surface area contributed by atoms with E-state index < -0.39 is 55.8 Å². The molecule has 5 N–H and O–H groups in total. The topological polar surface area (TPSA) is 189 Å². The number of hydrogen-bond acceptors (Lipinski definition) is 7. The SMILES string of the molecule is Nc1ccc(S(=O)(=O)O)c2cc(S(=O)(=O)O)cc(S(=O)(=O)O)c12.[NaH].[NaH].[NaH]. The molecule has 0 heterocycles. The molecule has 0 aliphatic heterocycles. The van der Waals surface area contributed by atoms with Gasteiger partial charge in [0.05, 0.1) is 4.90 Å². The van der Waals surface area contributed by atoms with Crippen LogP contribution >= 0.6 is 0 Å². The summed E-state index contributed by atoms with van der Waals surface area (Å²) in [6, 6.07) is 2.79. The fourth-order valence-electron chi connectivity index (χ4n) is 2.00. The standard InChI is InChI=1S/C10H9NO9S3.3Na.3H/c11-7-1-2-8(22(15,16)17)6-3-5(21(12,13)14)4-9(10(6)7)23(18,19)20;;;;;;/h1-4H,11H2,(H,12,13,14)(H,15,16,17)(H,18,19,20);;;;;;. The molecular formula is C10H12NNa3O9S3. The number of fused-ring (bicyclic) bond motifs is 1. The molecule has 0 fully saturated rings. The average molecular weight is 455 g/mol. The second-order valence-electron chi connectivity index (χ2n) is 4.42. The zero-order chi connectivity index (χ0) is 17.8. The first-order valence-electron chi connectivity index (χ1n) is 5.51. The first-order valence-corrected chi connectivity index (χ1v) is 9.83. The Kier molecular flexibility index (Phi) is 11.1. The molecule has 2 aromatic carbocycles. The summed E-state index contributed by atoms with van der Waals surface area (Å²) in [7, 11) is -14.9. The van der Waals surface area contributed by atoms with Gasteiger partial charge in [0.2, 0.25) is 0 Å². The van der Waals surface area contributed by atoms with E-state index in [1.54, 1.807) is 0 Å². The predicted octanol–water partition coefficient (Wildman–Crippen LogP) is -1.78. The summed E-state index contributed by atoms with van der Waals surface area (Å²) in [4.78, 5) is -2.89. The number of benzene rings is 2. The van der Waals surface area contributed by atoms with E-state index in [4.69, 9.17) is 10.3 Å². The monoisotopic (exact) mass is 455 g/mol. The van der Waals surface area contributed by atoms with Gasteiger partial charge in [-0.1, -0.05) is 0 Å². The van der Waals surface area contributed by atoms with E-state index in [0.29, 0.717) is 12.1 Å². The van der Waals surface area contributed by atoms with Gasteiger partial charge in [-0.2, -0.15) is 25.3 Å². The molecule has 0 aromatic heterocycles. The van der Waals surface area contributed by atoms with Crippen molar-refractivity contribution in [2.75, 3.05) is 5.73 Å². The van der Waals surface area contributed by atoms with Gasteiger partial charge < -0.3 is 5.73 Å². The van der Waals surface area contributed by atoms with Crippen molar-refractivity contribution in [2.24, 2.45) is 0 Å². The Morgan fingerprint density at radius 1 is 0.692 bits per heavy atom. The van der Waals surface area contributed by atoms with Crippen LogP contribution in [0.5, 0.6) is 0 Å². The Morgan fingerprint density at radius 2 is 1.15 bits per heavy atom. The molecule has 0 aliphatic rings. The van der Waals surface area contributed by atoms with Gasteiger partial charge in [0.25, 0.3) is 30.4 Å². The molecular weight excluding hydrogens is 443 g/mol. The second kappa shape index (κ2) is 9.82. The number of nitrogens with two attached hydrogens (primary N) is 1. The zero-order valence-corrected chi connectivity index (χ0v) is 13.4. The molecule has 0 saturated heterocycles. The van der Waals surface area contributed by atoms with Gasteiger partial charge >= 0.3 is 88.7 Å². The van der Waals surface area contributed by atoms with Crippen molar-refractivity contribution >= 4 is 135 Å². The number of nitrogen functional groups attached to an aromatic ring is 1. The number of anilines is 1. The summed E-state index contributed by atoms with van der Waals surface area (Å²) in [5.41, 5.74) is 5.26. The van der Waals surface area contributed by atoms with Gasteiger partial charge in [-0.05, 0) is 24.3 Å². The third-order valence-corrected chi connectivity index (χ3v) is 5.52. The summed E-state index contributed by atoms with van der Waals surface area (Å²) in [5, 5.41) is -1.12. The van der Waals surface area contributed by atoms with Crippen LogP contribution < -0.4 is 5.73 Å². The predicted molar refractivity (Wildman–Crippen MR) is 99.3 cm³/mol. The fraction of sp³-hybridized carbons (Fsp3) is 0. The van der Waals surface area contributed by atoms with Crippen molar-refractivity contribution in [1.29, 1.82) is 0 Å². The van der Waals surface area contributed by atoms with Gasteiger partial charge in [-0.3, -0.25) is 13.7 Å². The molecule has 10 nitrogen and oxygen atoms in total. The van der Waals surface area contributed by atoms with E-state index >= 15 is 0 Å². The first kappa shape index (κ1) is 29.4. The molecule has 0 saturated carbocycles. The second-order valence-corrected chi connectivity index (χ2v) is 8.62. The molecule has 2 rings (SSSR count). The number of hydrogen-bond donors (Lipinski definition) is 4. The Bertz CT molecular complexity index is 1150. The van der Waals surface area contributed by atoms with E-state index in [-0.39, 0.29) is 94.4 Å². The molecule has 16 heteroatoms. The zero-order valence-electron chi connectivity index (χ0n) is 10.9. The maximum absolute atomic E-state index is 11.5. The molecule has 2 aromatic rings. The molecule has 132 valence electrons. The molecule has 0 bridgehead atoms. The van der Waals surface area contributed by atoms with Crippen LogP contribution in [0.4, 0.5) is 5.69 Å². The van der Waals surface area contributed by atoms with E-state index in [9.17, 15) is 34.4 Å².